The fourth-order valence-electron chi connectivity index (χ4n) is 3.89. The number of rotatable bonds is 3. The van der Waals surface area contributed by atoms with E-state index < -0.39 is 5.82 Å². The second-order valence-corrected chi connectivity index (χ2v) is 8.39. The molecule has 3 amide bonds. The van der Waals surface area contributed by atoms with E-state index in [0.717, 1.165) is 11.3 Å². The first kappa shape index (κ1) is 21.5. The lowest BCUT2D eigenvalue weighted by molar-refractivity contribution is -0.152. The molecule has 11 heteroatoms. The number of hydroxylamine groups is 2. The van der Waals surface area contributed by atoms with Crippen LogP contribution in [-0.2, 0) is 24.3 Å². The van der Waals surface area contributed by atoms with Gasteiger partial charge in [0.25, 0.3) is 5.91 Å². The minimum atomic E-state index is -0.553. The lowest BCUT2D eigenvalue weighted by atomic mass is 10.1. The Labute approximate surface area is 184 Å². The van der Waals surface area contributed by atoms with Gasteiger partial charge in [-0.05, 0) is 32.3 Å². The number of benzene rings is 1. The van der Waals surface area contributed by atoms with Gasteiger partial charge in [0.1, 0.15) is 17.6 Å². The van der Waals surface area contributed by atoms with Crippen molar-refractivity contribution in [3.05, 3.63) is 46.0 Å². The second-order valence-electron chi connectivity index (χ2n) is 7.98. The number of hydrogen-bond donors (Lipinski definition) is 1. The first-order valence-electron chi connectivity index (χ1n) is 9.92. The monoisotopic (exact) mass is 450 g/mol. The second kappa shape index (κ2) is 8.45. The number of fused-ring (bicyclic) bond motifs is 3. The fraction of sp³-hybridized carbons (Fsp3) is 0.450. The van der Waals surface area contributed by atoms with Crippen molar-refractivity contribution in [3.63, 3.8) is 0 Å². The van der Waals surface area contributed by atoms with Gasteiger partial charge in [0, 0.05) is 37.8 Å². The van der Waals surface area contributed by atoms with Crippen molar-refractivity contribution in [3.8, 4) is 0 Å². The number of anilines is 1. The number of hydrogen-bond acceptors (Lipinski definition) is 5. The number of aromatic nitrogens is 2. The van der Waals surface area contributed by atoms with Gasteiger partial charge in [-0.3, -0.25) is 14.3 Å². The Hall–Kier alpha value is -2.69. The van der Waals surface area contributed by atoms with E-state index in [1.54, 1.807) is 16.6 Å². The topological polar surface area (TPSA) is 82.9 Å². The normalized spacial score (nSPS) is 18.6. The lowest BCUT2D eigenvalue weighted by Crippen LogP contribution is -2.40. The van der Waals surface area contributed by atoms with E-state index >= 15 is 0 Å². The van der Waals surface area contributed by atoms with E-state index in [9.17, 15) is 14.0 Å². The summed E-state index contributed by atoms with van der Waals surface area (Å²) in [4.78, 5) is 35.1. The summed E-state index contributed by atoms with van der Waals surface area (Å²) in [7, 11) is 5.47. The molecule has 2 aliphatic heterocycles. The third kappa shape index (κ3) is 4.36. The van der Waals surface area contributed by atoms with E-state index in [-0.39, 0.29) is 29.6 Å². The van der Waals surface area contributed by atoms with E-state index in [1.807, 2.05) is 19.0 Å². The average molecular weight is 451 g/mol. The largest absolute Gasteiger partial charge is 0.322 e. The number of nitrogens with one attached hydrogen (secondary N) is 1. The van der Waals surface area contributed by atoms with Crippen molar-refractivity contribution in [2.45, 2.75) is 25.6 Å². The number of carbonyl (C=O) groups excluding carboxylic acids is 2. The first-order valence-corrected chi connectivity index (χ1v) is 10.3. The highest BCUT2D eigenvalue weighted by Gasteiger charge is 2.35. The minimum Gasteiger partial charge on any atom is -0.320 e. The molecule has 3 heterocycles. The zero-order valence-corrected chi connectivity index (χ0v) is 18.3. The summed E-state index contributed by atoms with van der Waals surface area (Å²) in [5.74, 6) is -0.843. The van der Waals surface area contributed by atoms with E-state index in [0.29, 0.717) is 37.4 Å². The van der Waals surface area contributed by atoms with Crippen LogP contribution in [0.15, 0.2) is 18.2 Å². The molecular weight excluding hydrogens is 427 g/mol. The van der Waals surface area contributed by atoms with Gasteiger partial charge in [0.15, 0.2) is 0 Å². The van der Waals surface area contributed by atoms with Crippen molar-refractivity contribution in [1.29, 1.82) is 0 Å². The number of urea groups is 1. The molecule has 0 aliphatic carbocycles. The van der Waals surface area contributed by atoms with Crippen molar-refractivity contribution >= 4 is 29.2 Å². The Balaban J connectivity index is 1.55. The van der Waals surface area contributed by atoms with Crippen molar-refractivity contribution in [1.82, 2.24) is 24.6 Å². The molecule has 0 spiro atoms. The number of amides is 3. The average Bonchev–Trinajstić information content (AvgIpc) is 3.01. The molecule has 0 saturated carbocycles. The Morgan fingerprint density at radius 2 is 2.19 bits per heavy atom. The first-order chi connectivity index (χ1) is 14.7. The summed E-state index contributed by atoms with van der Waals surface area (Å²) >= 11 is 5.80. The van der Waals surface area contributed by atoms with Crippen LogP contribution >= 0.6 is 11.6 Å². The maximum atomic E-state index is 13.4. The number of halogens is 2. The summed E-state index contributed by atoms with van der Waals surface area (Å²) in [6.45, 7) is 1.77. The van der Waals surface area contributed by atoms with Gasteiger partial charge in [0.05, 0.1) is 23.8 Å². The molecule has 2 aliphatic rings. The number of likely N-dealkylation sites (N-methyl/N-ethyl adjacent to an activating group) is 1. The van der Waals surface area contributed by atoms with Gasteiger partial charge in [-0.1, -0.05) is 11.6 Å². The molecule has 4 rings (SSSR count). The van der Waals surface area contributed by atoms with Crippen LogP contribution in [0.3, 0.4) is 0 Å². The molecule has 2 aromatic rings. The quantitative estimate of drug-likeness (QED) is 0.775. The SMILES string of the molecule is CN(C)CC1Cn2nc3c(c2C(=O)N(C)O1)CN(C(=O)Nc1ccc(F)c(Cl)c1)CC3. The molecular formula is C20H24ClFN6O3. The van der Waals surface area contributed by atoms with Crippen LogP contribution < -0.4 is 5.32 Å². The third-order valence-corrected chi connectivity index (χ3v) is 5.59. The summed E-state index contributed by atoms with van der Waals surface area (Å²) in [6, 6.07) is 3.64. The summed E-state index contributed by atoms with van der Waals surface area (Å²) in [6.07, 6.45) is 0.303. The molecule has 1 unspecified atom stereocenters. The molecule has 1 atom stereocenters. The molecule has 0 saturated heterocycles. The Morgan fingerprint density at radius 3 is 2.90 bits per heavy atom. The third-order valence-electron chi connectivity index (χ3n) is 5.30. The summed E-state index contributed by atoms with van der Waals surface area (Å²) < 4.78 is 15.1. The van der Waals surface area contributed by atoms with Crippen LogP contribution in [0.2, 0.25) is 5.02 Å². The molecule has 9 nitrogen and oxygen atoms in total. The molecule has 0 radical (unpaired) electrons. The maximum Gasteiger partial charge on any atom is 0.322 e. The Morgan fingerprint density at radius 1 is 1.42 bits per heavy atom. The smallest absolute Gasteiger partial charge is 0.320 e. The van der Waals surface area contributed by atoms with E-state index in [2.05, 4.69) is 10.4 Å². The predicted molar refractivity (Wildman–Crippen MR) is 112 cm³/mol. The predicted octanol–water partition coefficient (Wildman–Crippen LogP) is 2.21. The van der Waals surface area contributed by atoms with Gasteiger partial charge < -0.3 is 15.1 Å². The number of carbonyl (C=O) groups is 2. The summed E-state index contributed by atoms with van der Waals surface area (Å²) in [5.41, 5.74) is 2.38. The van der Waals surface area contributed by atoms with Crippen LogP contribution in [0.25, 0.3) is 0 Å². The van der Waals surface area contributed by atoms with Crippen LogP contribution in [-0.4, -0.2) is 76.9 Å². The van der Waals surface area contributed by atoms with E-state index in [1.165, 1.54) is 23.3 Å². The lowest BCUT2D eigenvalue weighted by Gasteiger charge is -2.27. The molecule has 1 aromatic carbocycles. The minimum absolute atomic E-state index is 0.0680. The molecule has 1 N–H and O–H groups in total. The van der Waals surface area contributed by atoms with Crippen LogP contribution in [0.5, 0.6) is 0 Å². The standard InChI is InChI=1S/C20H24ClFN6O3/c1-25(2)9-13-10-28-18(19(29)26(3)31-13)14-11-27(7-6-17(14)24-28)20(30)23-12-4-5-16(22)15(21)8-12/h4-5,8,13H,6-7,9-11H2,1-3H3,(H,23,30). The van der Waals surface area contributed by atoms with Crippen molar-refractivity contribution in [2.24, 2.45) is 0 Å². The molecule has 166 valence electrons. The van der Waals surface area contributed by atoms with Gasteiger partial charge in [0.2, 0.25) is 0 Å². The maximum absolute atomic E-state index is 13.4. The van der Waals surface area contributed by atoms with Crippen molar-refractivity contribution in [2.75, 3.05) is 39.5 Å². The molecule has 0 bridgehead atoms. The van der Waals surface area contributed by atoms with Crippen LogP contribution in [0.1, 0.15) is 21.7 Å². The van der Waals surface area contributed by atoms with Gasteiger partial charge in [-0.2, -0.15) is 5.10 Å². The van der Waals surface area contributed by atoms with Crippen LogP contribution in [0, 0.1) is 5.82 Å². The van der Waals surface area contributed by atoms with Gasteiger partial charge in [-0.25, -0.2) is 14.2 Å². The van der Waals surface area contributed by atoms with Gasteiger partial charge >= 0.3 is 6.03 Å². The number of nitrogens with zero attached hydrogens (tertiary/aromatic N) is 5. The zero-order chi connectivity index (χ0) is 22.3. The van der Waals surface area contributed by atoms with Crippen molar-refractivity contribution < 1.29 is 18.8 Å². The summed E-state index contributed by atoms with van der Waals surface area (Å²) in [5, 5.41) is 8.55. The Kier molecular flexibility index (Phi) is 5.87. The molecule has 1 aromatic heterocycles. The molecule has 31 heavy (non-hydrogen) atoms. The van der Waals surface area contributed by atoms with Crippen LogP contribution in [0.4, 0.5) is 14.9 Å². The fourth-order valence-corrected chi connectivity index (χ4v) is 4.07. The zero-order valence-electron chi connectivity index (χ0n) is 17.6. The van der Waals surface area contributed by atoms with Gasteiger partial charge in [-0.15, -0.1) is 0 Å². The van der Waals surface area contributed by atoms with E-state index in [4.69, 9.17) is 16.4 Å². The highest BCUT2D eigenvalue weighted by molar-refractivity contribution is 6.31. The Bertz CT molecular complexity index is 1030. The molecule has 0 fully saturated rings. The highest BCUT2D eigenvalue weighted by atomic mass is 35.5. The highest BCUT2D eigenvalue weighted by Crippen LogP contribution is 2.27.